The molecule has 0 bridgehead atoms. The molecule has 1 aromatic carbocycles. The van der Waals surface area contributed by atoms with Crippen LogP contribution in [0.25, 0.3) is 22.1 Å². The van der Waals surface area contributed by atoms with Crippen LogP contribution in [0.5, 0.6) is 0 Å². The van der Waals surface area contributed by atoms with Crippen LogP contribution in [0.15, 0.2) is 35.7 Å². The third-order valence-electron chi connectivity index (χ3n) is 6.21. The van der Waals surface area contributed by atoms with Crippen molar-refractivity contribution >= 4 is 46.6 Å². The number of benzene rings is 1. The second-order valence-electron chi connectivity index (χ2n) is 8.28. The molecule has 36 heavy (non-hydrogen) atoms. The quantitative estimate of drug-likeness (QED) is 0.394. The Labute approximate surface area is 214 Å². The number of hydrogen-bond acceptors (Lipinski definition) is 6. The van der Waals surface area contributed by atoms with Crippen LogP contribution in [0.1, 0.15) is 46.7 Å². The van der Waals surface area contributed by atoms with Gasteiger partial charge in [0.1, 0.15) is 0 Å². The molecule has 0 saturated carbocycles. The third-order valence-corrected chi connectivity index (χ3v) is 7.13. The number of likely N-dealkylation sites (N-methyl/N-ethyl adjacent to an activating group) is 1. The van der Waals surface area contributed by atoms with E-state index in [4.69, 9.17) is 9.59 Å². The molecule has 2 amide bonds. The number of carbonyl (C=O) groups is 2. The van der Waals surface area contributed by atoms with Crippen LogP contribution in [0.2, 0.25) is 0 Å². The minimum atomic E-state index is -0.134. The van der Waals surface area contributed by atoms with E-state index >= 15 is 0 Å². The highest BCUT2D eigenvalue weighted by Gasteiger charge is 2.26. The molecule has 1 aliphatic heterocycles. The summed E-state index contributed by atoms with van der Waals surface area (Å²) < 4.78 is 0. The second-order valence-corrected chi connectivity index (χ2v) is 9.23. The topological polar surface area (TPSA) is 111 Å². The van der Waals surface area contributed by atoms with Crippen LogP contribution in [0.3, 0.4) is 0 Å². The highest BCUT2D eigenvalue weighted by atomic mass is 32.1. The number of thiophene rings is 1. The first-order valence-corrected chi connectivity index (χ1v) is 12.6. The van der Waals surface area contributed by atoms with Crippen LogP contribution >= 0.6 is 11.3 Å². The van der Waals surface area contributed by atoms with Crippen LogP contribution in [-0.4, -0.2) is 54.0 Å². The zero-order valence-electron chi connectivity index (χ0n) is 20.9. The SMILES string of the molecule is CCN(CC)CCNC(=O)c1c(C)[nH]c(/C=C2\C(=O)Nc3ccc(-c4cccs4)cc32)c1C.O=C=O. The zero-order chi connectivity index (χ0) is 26.2. The summed E-state index contributed by atoms with van der Waals surface area (Å²) in [4.78, 5) is 48.6. The predicted molar refractivity (Wildman–Crippen MR) is 142 cm³/mol. The van der Waals surface area contributed by atoms with Gasteiger partial charge in [0.2, 0.25) is 0 Å². The van der Waals surface area contributed by atoms with Gasteiger partial charge in [-0.1, -0.05) is 26.0 Å². The Kier molecular flexibility index (Phi) is 9.13. The van der Waals surface area contributed by atoms with E-state index in [1.165, 1.54) is 0 Å². The van der Waals surface area contributed by atoms with E-state index in [1.54, 1.807) is 11.3 Å². The number of rotatable bonds is 8. The fraction of sp³-hybridized carbons (Fsp3) is 0.296. The van der Waals surface area contributed by atoms with Crippen molar-refractivity contribution in [3.05, 3.63) is 63.8 Å². The van der Waals surface area contributed by atoms with Gasteiger partial charge in [0.25, 0.3) is 11.8 Å². The second kappa shape index (κ2) is 12.3. The molecule has 0 aliphatic carbocycles. The largest absolute Gasteiger partial charge is 0.373 e. The smallest absolute Gasteiger partial charge is 0.358 e. The lowest BCUT2D eigenvalue weighted by Crippen LogP contribution is -2.35. The van der Waals surface area contributed by atoms with Crippen molar-refractivity contribution in [3.8, 4) is 10.4 Å². The normalized spacial score (nSPS) is 13.1. The van der Waals surface area contributed by atoms with Gasteiger partial charge in [-0.25, -0.2) is 0 Å². The molecule has 2 aromatic heterocycles. The minimum Gasteiger partial charge on any atom is -0.358 e. The molecule has 0 saturated heterocycles. The Bertz CT molecular complexity index is 1300. The van der Waals surface area contributed by atoms with E-state index in [0.29, 0.717) is 17.7 Å². The van der Waals surface area contributed by atoms with Crippen molar-refractivity contribution in [1.29, 1.82) is 0 Å². The van der Waals surface area contributed by atoms with Crippen molar-refractivity contribution in [2.45, 2.75) is 27.7 Å². The van der Waals surface area contributed by atoms with Gasteiger partial charge < -0.3 is 20.5 Å². The Morgan fingerprint density at radius 3 is 2.53 bits per heavy atom. The average molecular weight is 507 g/mol. The molecule has 9 heteroatoms. The molecule has 0 fully saturated rings. The maximum Gasteiger partial charge on any atom is 0.373 e. The molecule has 3 aromatic rings. The summed E-state index contributed by atoms with van der Waals surface area (Å²) in [5.74, 6) is -0.223. The lowest BCUT2D eigenvalue weighted by molar-refractivity contribution is -0.191. The van der Waals surface area contributed by atoms with Crippen LogP contribution in [-0.2, 0) is 14.4 Å². The Balaban J connectivity index is 0.00000115. The van der Waals surface area contributed by atoms with Crippen molar-refractivity contribution in [1.82, 2.24) is 15.2 Å². The van der Waals surface area contributed by atoms with Gasteiger partial charge in [-0.3, -0.25) is 9.59 Å². The number of hydrogen-bond donors (Lipinski definition) is 3. The number of nitrogens with zero attached hydrogens (tertiary/aromatic N) is 1. The summed E-state index contributed by atoms with van der Waals surface area (Å²) in [5.41, 5.74) is 6.43. The molecule has 4 rings (SSSR count). The van der Waals surface area contributed by atoms with Gasteiger partial charge in [-0.05, 0) is 67.7 Å². The molecular weight excluding hydrogens is 476 g/mol. The summed E-state index contributed by atoms with van der Waals surface area (Å²) in [6.07, 6.45) is 2.11. The highest BCUT2D eigenvalue weighted by Crippen LogP contribution is 2.37. The first-order chi connectivity index (χ1) is 17.3. The van der Waals surface area contributed by atoms with E-state index in [-0.39, 0.29) is 18.0 Å². The minimum absolute atomic E-state index is 0.0886. The number of aromatic amines is 1. The molecule has 3 N–H and O–H groups in total. The molecule has 1 aliphatic rings. The number of aromatic nitrogens is 1. The zero-order valence-corrected chi connectivity index (χ0v) is 21.7. The van der Waals surface area contributed by atoms with E-state index in [1.807, 2.05) is 43.5 Å². The number of nitrogens with one attached hydrogen (secondary N) is 3. The van der Waals surface area contributed by atoms with E-state index in [2.05, 4.69) is 46.5 Å². The van der Waals surface area contributed by atoms with Crippen molar-refractivity contribution in [2.75, 3.05) is 31.5 Å². The van der Waals surface area contributed by atoms with E-state index < -0.39 is 0 Å². The molecule has 0 radical (unpaired) electrons. The summed E-state index contributed by atoms with van der Waals surface area (Å²) in [6.45, 7) is 11.4. The maximum atomic E-state index is 12.9. The van der Waals surface area contributed by atoms with Crippen molar-refractivity contribution in [3.63, 3.8) is 0 Å². The third kappa shape index (κ3) is 5.88. The monoisotopic (exact) mass is 506 g/mol. The van der Waals surface area contributed by atoms with Crippen molar-refractivity contribution in [2.24, 2.45) is 0 Å². The Hall–Kier alpha value is -3.78. The Morgan fingerprint density at radius 1 is 1.17 bits per heavy atom. The van der Waals surface area contributed by atoms with Crippen LogP contribution in [0.4, 0.5) is 5.69 Å². The molecule has 0 atom stereocenters. The predicted octanol–water partition coefficient (Wildman–Crippen LogP) is 4.34. The highest BCUT2D eigenvalue weighted by molar-refractivity contribution is 7.13. The summed E-state index contributed by atoms with van der Waals surface area (Å²) >= 11 is 1.67. The lowest BCUT2D eigenvalue weighted by Gasteiger charge is -2.18. The van der Waals surface area contributed by atoms with Gasteiger partial charge in [-0.2, -0.15) is 9.59 Å². The molecule has 3 heterocycles. The fourth-order valence-electron chi connectivity index (χ4n) is 4.29. The van der Waals surface area contributed by atoms with Crippen LogP contribution in [0, 0.1) is 13.8 Å². The number of carbonyl (C=O) groups excluding carboxylic acids is 4. The Morgan fingerprint density at radius 2 is 1.89 bits per heavy atom. The molecule has 8 nitrogen and oxygen atoms in total. The molecule has 0 spiro atoms. The standard InChI is InChI=1S/C26H30N4O2S.CO2/c1-5-30(6-2)12-11-27-26(32)24-16(3)22(28-17(24)4)15-20-19-14-18(23-8-7-13-33-23)9-10-21(19)29-25(20)31;2-1-3/h7-10,13-15,28H,5-6,11-12H2,1-4H3,(H,27,32)(H,29,31);/b20-15-;. The van der Waals surface area contributed by atoms with Crippen LogP contribution < -0.4 is 10.6 Å². The van der Waals surface area contributed by atoms with Gasteiger partial charge in [0.05, 0.1) is 11.1 Å². The first-order valence-electron chi connectivity index (χ1n) is 11.7. The van der Waals surface area contributed by atoms with Crippen molar-refractivity contribution < 1.29 is 19.2 Å². The van der Waals surface area contributed by atoms with Gasteiger partial charge in [0.15, 0.2) is 0 Å². The van der Waals surface area contributed by atoms with E-state index in [9.17, 15) is 9.59 Å². The molecular formula is C27H30N4O4S. The summed E-state index contributed by atoms with van der Waals surface area (Å²) in [5, 5.41) is 8.03. The summed E-state index contributed by atoms with van der Waals surface area (Å²) in [7, 11) is 0. The van der Waals surface area contributed by atoms with Gasteiger partial charge >= 0.3 is 6.15 Å². The fourth-order valence-corrected chi connectivity index (χ4v) is 5.01. The number of anilines is 1. The average Bonchev–Trinajstić information content (AvgIpc) is 3.56. The lowest BCUT2D eigenvalue weighted by atomic mass is 10.0. The number of aryl methyl sites for hydroxylation is 1. The maximum absolute atomic E-state index is 12.9. The number of fused-ring (bicyclic) bond motifs is 1. The van der Waals surface area contributed by atoms with Gasteiger partial charge in [0, 0.05) is 40.6 Å². The van der Waals surface area contributed by atoms with Gasteiger partial charge in [-0.15, -0.1) is 11.3 Å². The molecule has 188 valence electrons. The number of amides is 2. The number of H-pyrrole nitrogens is 1. The summed E-state index contributed by atoms with van der Waals surface area (Å²) in [6, 6.07) is 10.1. The molecule has 0 unspecified atom stereocenters. The first kappa shape index (κ1) is 26.8. The van der Waals surface area contributed by atoms with E-state index in [0.717, 1.165) is 58.3 Å².